The quantitative estimate of drug-likeness (QED) is 0.452. The maximum atomic E-state index is 12.3. The van der Waals surface area contributed by atoms with E-state index in [0.717, 1.165) is 33.8 Å². The molecule has 0 spiro atoms. The lowest BCUT2D eigenvalue weighted by molar-refractivity contribution is -0.116. The molecule has 0 fully saturated rings. The molecule has 29 heavy (non-hydrogen) atoms. The number of aryl methyl sites for hydroxylation is 2. The highest BCUT2D eigenvalue weighted by Gasteiger charge is 2.17. The smallest absolute Gasteiger partial charge is 0.224 e. The Morgan fingerprint density at radius 2 is 1.59 bits per heavy atom. The summed E-state index contributed by atoms with van der Waals surface area (Å²) in [6.07, 6.45) is 0.737. The molecule has 4 heteroatoms. The van der Waals surface area contributed by atoms with Crippen molar-refractivity contribution in [3.05, 3.63) is 96.4 Å². The number of nitrogens with zero attached hydrogens (tertiary/aromatic N) is 1. The van der Waals surface area contributed by atoms with Gasteiger partial charge in [0.2, 0.25) is 5.91 Å². The van der Waals surface area contributed by atoms with Crippen molar-refractivity contribution in [3.8, 4) is 22.6 Å². The zero-order chi connectivity index (χ0) is 20.1. The van der Waals surface area contributed by atoms with Gasteiger partial charge in [0.15, 0.2) is 11.7 Å². The molecule has 4 aromatic rings. The van der Waals surface area contributed by atoms with Crippen LogP contribution in [0, 0.1) is 6.92 Å². The highest BCUT2D eigenvalue weighted by Crippen LogP contribution is 2.32. The van der Waals surface area contributed by atoms with Crippen molar-refractivity contribution >= 4 is 11.6 Å². The van der Waals surface area contributed by atoms with Crippen LogP contribution in [-0.4, -0.2) is 10.9 Å². The summed E-state index contributed by atoms with van der Waals surface area (Å²) in [5, 5.41) is 2.93. The van der Waals surface area contributed by atoms with Crippen LogP contribution in [0.2, 0.25) is 0 Å². The number of rotatable bonds is 6. The third-order valence-corrected chi connectivity index (χ3v) is 4.62. The van der Waals surface area contributed by atoms with E-state index < -0.39 is 0 Å². The maximum Gasteiger partial charge on any atom is 0.224 e. The second kappa shape index (κ2) is 8.57. The molecule has 144 valence electrons. The Hall–Kier alpha value is -3.66. The van der Waals surface area contributed by atoms with Crippen molar-refractivity contribution in [3.63, 3.8) is 0 Å². The molecule has 3 aromatic carbocycles. The molecule has 0 aliphatic carbocycles. The van der Waals surface area contributed by atoms with E-state index in [4.69, 9.17) is 9.40 Å². The van der Waals surface area contributed by atoms with E-state index in [1.165, 1.54) is 0 Å². The number of hydrogen-bond donors (Lipinski definition) is 1. The summed E-state index contributed by atoms with van der Waals surface area (Å²) in [5.74, 6) is 1.23. The molecule has 4 nitrogen and oxygen atoms in total. The van der Waals surface area contributed by atoms with Crippen molar-refractivity contribution < 1.29 is 9.21 Å². The average Bonchev–Trinajstić information content (AvgIpc) is 3.18. The third kappa shape index (κ3) is 4.61. The van der Waals surface area contributed by atoms with Gasteiger partial charge in [-0.05, 0) is 24.6 Å². The lowest BCUT2D eigenvalue weighted by Crippen LogP contribution is -2.12. The van der Waals surface area contributed by atoms with Crippen LogP contribution in [0.4, 0.5) is 5.69 Å². The molecular formula is C25H22N2O2. The molecule has 0 bridgehead atoms. The fourth-order valence-electron chi connectivity index (χ4n) is 3.21. The number of carbonyl (C=O) groups excluding carboxylic acids is 1. The fraction of sp³-hybridized carbons (Fsp3) is 0.120. The summed E-state index contributed by atoms with van der Waals surface area (Å²) in [6, 6.07) is 27.6. The summed E-state index contributed by atoms with van der Waals surface area (Å²) in [6.45, 7) is 2.00. The van der Waals surface area contributed by atoms with Crippen molar-refractivity contribution in [1.82, 2.24) is 4.98 Å². The number of nitrogens with one attached hydrogen (secondary N) is 1. The third-order valence-electron chi connectivity index (χ3n) is 4.62. The first kappa shape index (κ1) is 18.7. The van der Waals surface area contributed by atoms with E-state index in [1.54, 1.807) is 0 Å². The lowest BCUT2D eigenvalue weighted by Gasteiger charge is -2.04. The highest BCUT2D eigenvalue weighted by atomic mass is 16.4. The van der Waals surface area contributed by atoms with Gasteiger partial charge in [-0.3, -0.25) is 4.79 Å². The van der Waals surface area contributed by atoms with E-state index in [0.29, 0.717) is 18.7 Å². The van der Waals surface area contributed by atoms with E-state index in [2.05, 4.69) is 5.32 Å². The molecule has 0 radical (unpaired) electrons. The molecule has 0 unspecified atom stereocenters. The Kier molecular flexibility index (Phi) is 5.52. The van der Waals surface area contributed by atoms with Gasteiger partial charge in [0.25, 0.3) is 0 Å². The molecule has 0 atom stereocenters. The van der Waals surface area contributed by atoms with Crippen molar-refractivity contribution in [1.29, 1.82) is 0 Å². The first-order valence-electron chi connectivity index (χ1n) is 9.66. The molecule has 1 heterocycles. The Balaban J connectivity index is 1.53. The van der Waals surface area contributed by atoms with Crippen LogP contribution >= 0.6 is 0 Å². The zero-order valence-corrected chi connectivity index (χ0v) is 16.3. The SMILES string of the molecule is Cc1cccc(NC(=O)CCc2nc(-c3ccccc3)c(-c3ccccc3)o2)c1. The van der Waals surface area contributed by atoms with Gasteiger partial charge >= 0.3 is 0 Å². The predicted molar refractivity (Wildman–Crippen MR) is 116 cm³/mol. The van der Waals surface area contributed by atoms with Crippen LogP contribution in [0.25, 0.3) is 22.6 Å². The number of oxazole rings is 1. The van der Waals surface area contributed by atoms with Gasteiger partial charge in [0, 0.05) is 29.7 Å². The van der Waals surface area contributed by atoms with Gasteiger partial charge < -0.3 is 9.73 Å². The lowest BCUT2D eigenvalue weighted by atomic mass is 10.1. The molecule has 0 saturated heterocycles. The normalized spacial score (nSPS) is 10.7. The van der Waals surface area contributed by atoms with Crippen LogP contribution in [-0.2, 0) is 11.2 Å². The van der Waals surface area contributed by atoms with Gasteiger partial charge in [0.1, 0.15) is 5.69 Å². The van der Waals surface area contributed by atoms with Crippen molar-refractivity contribution in [2.45, 2.75) is 19.8 Å². The molecule has 0 aliphatic heterocycles. The number of amides is 1. The van der Waals surface area contributed by atoms with Crippen LogP contribution in [0.1, 0.15) is 17.9 Å². The van der Waals surface area contributed by atoms with E-state index >= 15 is 0 Å². The molecule has 1 N–H and O–H groups in total. The van der Waals surface area contributed by atoms with Crippen LogP contribution in [0.5, 0.6) is 0 Å². The number of anilines is 1. The highest BCUT2D eigenvalue weighted by molar-refractivity contribution is 5.90. The summed E-state index contributed by atoms with van der Waals surface area (Å²) >= 11 is 0. The molecule has 0 aliphatic rings. The fourth-order valence-corrected chi connectivity index (χ4v) is 3.21. The Labute approximate surface area is 170 Å². The number of carbonyl (C=O) groups is 1. The monoisotopic (exact) mass is 382 g/mol. The van der Waals surface area contributed by atoms with Crippen molar-refractivity contribution in [2.24, 2.45) is 0 Å². The first-order chi connectivity index (χ1) is 14.2. The molecular weight excluding hydrogens is 360 g/mol. The van der Waals surface area contributed by atoms with Gasteiger partial charge in [0.05, 0.1) is 0 Å². The standard InChI is InChI=1S/C25H22N2O2/c1-18-9-8-14-21(17-18)26-22(28)15-16-23-27-24(19-10-4-2-5-11-19)25(29-23)20-12-6-3-7-13-20/h2-14,17H,15-16H2,1H3,(H,26,28). The summed E-state index contributed by atoms with van der Waals surface area (Å²) in [7, 11) is 0. The molecule has 0 saturated carbocycles. The van der Waals surface area contributed by atoms with E-state index in [-0.39, 0.29) is 5.91 Å². The average molecular weight is 382 g/mol. The summed E-state index contributed by atoms with van der Waals surface area (Å²) < 4.78 is 6.08. The second-order valence-electron chi connectivity index (χ2n) is 6.94. The minimum absolute atomic E-state index is 0.0590. The van der Waals surface area contributed by atoms with E-state index in [9.17, 15) is 4.79 Å². The van der Waals surface area contributed by atoms with Gasteiger partial charge in [-0.25, -0.2) is 4.98 Å². The van der Waals surface area contributed by atoms with E-state index in [1.807, 2.05) is 91.9 Å². The van der Waals surface area contributed by atoms with Crippen LogP contribution < -0.4 is 5.32 Å². The number of aromatic nitrogens is 1. The first-order valence-corrected chi connectivity index (χ1v) is 9.66. The molecule has 4 rings (SSSR count). The number of benzene rings is 3. The topological polar surface area (TPSA) is 55.1 Å². The summed E-state index contributed by atoms with van der Waals surface area (Å²) in [4.78, 5) is 17.1. The largest absolute Gasteiger partial charge is 0.440 e. The minimum Gasteiger partial charge on any atom is -0.440 e. The second-order valence-corrected chi connectivity index (χ2v) is 6.94. The molecule has 1 aromatic heterocycles. The summed E-state index contributed by atoms with van der Waals surface area (Å²) in [5.41, 5.74) is 4.67. The Bertz CT molecular complexity index is 1050. The molecule has 1 amide bonds. The van der Waals surface area contributed by atoms with Gasteiger partial charge in [-0.1, -0.05) is 72.8 Å². The maximum absolute atomic E-state index is 12.3. The minimum atomic E-state index is -0.0590. The Morgan fingerprint density at radius 1 is 0.897 bits per heavy atom. The van der Waals surface area contributed by atoms with Gasteiger partial charge in [-0.2, -0.15) is 0 Å². The zero-order valence-electron chi connectivity index (χ0n) is 16.3. The van der Waals surface area contributed by atoms with Gasteiger partial charge in [-0.15, -0.1) is 0 Å². The number of hydrogen-bond acceptors (Lipinski definition) is 3. The predicted octanol–water partition coefficient (Wildman–Crippen LogP) is 5.89. The Morgan fingerprint density at radius 3 is 2.28 bits per heavy atom. The van der Waals surface area contributed by atoms with Crippen LogP contribution in [0.3, 0.4) is 0 Å². The van der Waals surface area contributed by atoms with Crippen LogP contribution in [0.15, 0.2) is 89.3 Å². The van der Waals surface area contributed by atoms with Crippen molar-refractivity contribution in [2.75, 3.05) is 5.32 Å².